The molecule has 0 fully saturated rings. The highest BCUT2D eigenvalue weighted by molar-refractivity contribution is 5.93. The van der Waals surface area contributed by atoms with Crippen molar-refractivity contribution in [1.29, 1.82) is 0 Å². The first-order valence-corrected chi connectivity index (χ1v) is 10.2. The van der Waals surface area contributed by atoms with Crippen molar-refractivity contribution in [3.63, 3.8) is 0 Å². The standard InChI is InChI=1S/C22H21F4N5O/c23-17-7-3-8-18(13-17)31-20(22(24,25)26)19(28-29-31)21(32)27-10-4-11-30-12-9-15-5-1-2-6-16(15)14-30/h1-3,5-8,13H,4,9-12,14H2,(H,27,32). The molecule has 1 aromatic heterocycles. The number of alkyl halides is 3. The molecule has 0 saturated carbocycles. The molecule has 0 saturated heterocycles. The maximum Gasteiger partial charge on any atom is 0.435 e. The molecular formula is C22H21F4N5O. The van der Waals surface area contributed by atoms with Gasteiger partial charge in [0.1, 0.15) is 5.82 Å². The van der Waals surface area contributed by atoms with Crippen LogP contribution in [0.2, 0.25) is 0 Å². The Bertz CT molecular complexity index is 1110. The van der Waals surface area contributed by atoms with Gasteiger partial charge in [0.25, 0.3) is 5.91 Å². The number of fused-ring (bicyclic) bond motifs is 1. The highest BCUT2D eigenvalue weighted by atomic mass is 19.4. The van der Waals surface area contributed by atoms with Gasteiger partial charge in [-0.1, -0.05) is 35.5 Å². The molecule has 0 radical (unpaired) electrons. The number of nitrogens with zero attached hydrogens (tertiary/aromatic N) is 4. The van der Waals surface area contributed by atoms with Crippen LogP contribution in [0.4, 0.5) is 17.6 Å². The number of halogens is 4. The van der Waals surface area contributed by atoms with Gasteiger partial charge in [0.15, 0.2) is 11.4 Å². The molecule has 168 valence electrons. The Morgan fingerprint density at radius 3 is 2.62 bits per heavy atom. The zero-order chi connectivity index (χ0) is 22.7. The summed E-state index contributed by atoms with van der Waals surface area (Å²) in [6, 6.07) is 12.7. The fourth-order valence-corrected chi connectivity index (χ4v) is 3.81. The van der Waals surface area contributed by atoms with E-state index in [0.29, 0.717) is 17.6 Å². The van der Waals surface area contributed by atoms with Crippen LogP contribution in [0.1, 0.15) is 33.7 Å². The predicted molar refractivity (Wildman–Crippen MR) is 109 cm³/mol. The lowest BCUT2D eigenvalue weighted by molar-refractivity contribution is -0.143. The first-order valence-electron chi connectivity index (χ1n) is 10.2. The normalized spacial score (nSPS) is 14.2. The van der Waals surface area contributed by atoms with Crippen LogP contribution in [0.5, 0.6) is 0 Å². The van der Waals surface area contributed by atoms with Gasteiger partial charge in [0, 0.05) is 26.2 Å². The molecular weight excluding hydrogens is 426 g/mol. The van der Waals surface area contributed by atoms with Crippen LogP contribution in [0, 0.1) is 5.82 Å². The third kappa shape index (κ3) is 4.80. The summed E-state index contributed by atoms with van der Waals surface area (Å²) in [6.45, 7) is 2.60. The van der Waals surface area contributed by atoms with E-state index >= 15 is 0 Å². The van der Waals surface area contributed by atoms with Gasteiger partial charge < -0.3 is 5.32 Å². The third-order valence-corrected chi connectivity index (χ3v) is 5.35. The maximum absolute atomic E-state index is 13.7. The summed E-state index contributed by atoms with van der Waals surface area (Å²) >= 11 is 0. The zero-order valence-electron chi connectivity index (χ0n) is 17.1. The summed E-state index contributed by atoms with van der Waals surface area (Å²) in [6.07, 6.45) is -3.38. The van der Waals surface area contributed by atoms with Gasteiger partial charge >= 0.3 is 6.18 Å². The lowest BCUT2D eigenvalue weighted by atomic mass is 10.00. The number of benzene rings is 2. The molecule has 6 nitrogen and oxygen atoms in total. The lowest BCUT2D eigenvalue weighted by Crippen LogP contribution is -2.34. The number of aromatic nitrogens is 3. The molecule has 0 bridgehead atoms. The minimum absolute atomic E-state index is 0.172. The summed E-state index contributed by atoms with van der Waals surface area (Å²) in [5.74, 6) is -1.69. The van der Waals surface area contributed by atoms with Crippen LogP contribution in [-0.4, -0.2) is 45.4 Å². The molecule has 2 heterocycles. The molecule has 1 N–H and O–H groups in total. The van der Waals surface area contributed by atoms with Gasteiger partial charge in [-0.25, -0.2) is 9.07 Å². The Labute approximate surface area is 181 Å². The topological polar surface area (TPSA) is 63.1 Å². The Kier molecular flexibility index (Phi) is 6.22. The maximum atomic E-state index is 13.7. The van der Waals surface area contributed by atoms with Crippen molar-refractivity contribution in [2.75, 3.05) is 19.6 Å². The molecule has 0 spiro atoms. The fourth-order valence-electron chi connectivity index (χ4n) is 3.81. The number of hydrogen-bond acceptors (Lipinski definition) is 4. The van der Waals surface area contributed by atoms with Crippen LogP contribution < -0.4 is 5.32 Å². The van der Waals surface area contributed by atoms with E-state index < -0.39 is 29.3 Å². The Balaban J connectivity index is 1.38. The zero-order valence-corrected chi connectivity index (χ0v) is 17.1. The molecule has 0 aliphatic carbocycles. The van der Waals surface area contributed by atoms with Crippen molar-refractivity contribution < 1.29 is 22.4 Å². The van der Waals surface area contributed by atoms with Crippen molar-refractivity contribution in [2.24, 2.45) is 0 Å². The molecule has 3 aromatic rings. The number of nitrogens with one attached hydrogen (secondary N) is 1. The van der Waals surface area contributed by atoms with Gasteiger partial charge in [-0.3, -0.25) is 9.69 Å². The second-order valence-corrected chi connectivity index (χ2v) is 7.58. The monoisotopic (exact) mass is 447 g/mol. The Morgan fingerprint density at radius 1 is 1.09 bits per heavy atom. The fraction of sp³-hybridized carbons (Fsp3) is 0.318. The van der Waals surface area contributed by atoms with Crippen LogP contribution in [0.25, 0.3) is 5.69 Å². The quantitative estimate of drug-likeness (QED) is 0.463. The smallest absolute Gasteiger partial charge is 0.351 e. The molecule has 4 rings (SSSR count). The summed E-state index contributed by atoms with van der Waals surface area (Å²) in [7, 11) is 0. The molecule has 2 aromatic carbocycles. The van der Waals surface area contributed by atoms with Crippen molar-refractivity contribution >= 4 is 5.91 Å². The number of hydrogen-bond donors (Lipinski definition) is 1. The van der Waals surface area contributed by atoms with E-state index in [-0.39, 0.29) is 12.2 Å². The molecule has 0 atom stereocenters. The van der Waals surface area contributed by atoms with E-state index in [0.717, 1.165) is 31.6 Å². The van der Waals surface area contributed by atoms with Gasteiger partial charge in [0.2, 0.25) is 0 Å². The number of amides is 1. The summed E-state index contributed by atoms with van der Waals surface area (Å²) in [4.78, 5) is 14.7. The van der Waals surface area contributed by atoms with Crippen LogP contribution in [-0.2, 0) is 19.1 Å². The molecule has 10 heteroatoms. The summed E-state index contributed by atoms with van der Waals surface area (Å²) in [5, 5.41) is 9.37. The van der Waals surface area contributed by atoms with Gasteiger partial charge in [0.05, 0.1) is 5.69 Å². The van der Waals surface area contributed by atoms with Crippen molar-refractivity contribution in [1.82, 2.24) is 25.2 Å². The van der Waals surface area contributed by atoms with Crippen molar-refractivity contribution in [3.05, 3.63) is 76.9 Å². The van der Waals surface area contributed by atoms with Crippen LogP contribution in [0.3, 0.4) is 0 Å². The number of carbonyl (C=O) groups is 1. The average molecular weight is 447 g/mol. The SMILES string of the molecule is O=C(NCCCN1CCc2ccccc2C1)c1nnn(-c2cccc(F)c2)c1C(F)(F)F. The summed E-state index contributed by atoms with van der Waals surface area (Å²) in [5.41, 5.74) is 0.251. The first kappa shape index (κ1) is 21.9. The molecule has 1 aliphatic rings. The second-order valence-electron chi connectivity index (χ2n) is 7.58. The van der Waals surface area contributed by atoms with Gasteiger partial charge in [-0.05, 0) is 42.2 Å². The first-order chi connectivity index (χ1) is 15.3. The average Bonchev–Trinajstić information content (AvgIpc) is 3.23. The Morgan fingerprint density at radius 2 is 1.88 bits per heavy atom. The van der Waals surface area contributed by atoms with Crippen molar-refractivity contribution in [2.45, 2.75) is 25.6 Å². The lowest BCUT2D eigenvalue weighted by Gasteiger charge is -2.28. The molecule has 32 heavy (non-hydrogen) atoms. The van der Waals surface area contributed by atoms with E-state index in [1.807, 2.05) is 12.1 Å². The molecule has 0 unspecified atom stereocenters. The van der Waals surface area contributed by atoms with Gasteiger partial charge in [-0.2, -0.15) is 13.2 Å². The predicted octanol–water partition coefficient (Wildman–Crippen LogP) is 3.60. The van der Waals surface area contributed by atoms with E-state index in [1.165, 1.54) is 23.3 Å². The van der Waals surface area contributed by atoms with E-state index in [1.54, 1.807) is 0 Å². The third-order valence-electron chi connectivity index (χ3n) is 5.35. The highest BCUT2D eigenvalue weighted by Gasteiger charge is 2.42. The largest absolute Gasteiger partial charge is 0.435 e. The van der Waals surface area contributed by atoms with E-state index in [4.69, 9.17) is 0 Å². The minimum Gasteiger partial charge on any atom is -0.351 e. The minimum atomic E-state index is -4.90. The molecule has 1 amide bonds. The number of rotatable bonds is 6. The van der Waals surface area contributed by atoms with Crippen LogP contribution >= 0.6 is 0 Å². The van der Waals surface area contributed by atoms with E-state index in [2.05, 4.69) is 32.7 Å². The molecule has 1 aliphatic heterocycles. The number of carbonyl (C=O) groups excluding carboxylic acids is 1. The van der Waals surface area contributed by atoms with Crippen molar-refractivity contribution in [3.8, 4) is 5.69 Å². The van der Waals surface area contributed by atoms with E-state index in [9.17, 15) is 22.4 Å². The Hall–Kier alpha value is -3.27. The van der Waals surface area contributed by atoms with Crippen LogP contribution in [0.15, 0.2) is 48.5 Å². The van der Waals surface area contributed by atoms with Gasteiger partial charge in [-0.15, -0.1) is 5.10 Å². The summed E-state index contributed by atoms with van der Waals surface area (Å²) < 4.78 is 54.9. The second kappa shape index (κ2) is 9.07. The highest BCUT2D eigenvalue weighted by Crippen LogP contribution is 2.32.